The molecule has 0 aliphatic heterocycles. The van der Waals surface area contributed by atoms with Crippen molar-refractivity contribution < 1.29 is 14.3 Å². The van der Waals surface area contributed by atoms with Gasteiger partial charge in [-0.25, -0.2) is 4.79 Å². The average molecular weight is 362 g/mol. The van der Waals surface area contributed by atoms with Gasteiger partial charge in [0.05, 0.1) is 11.0 Å². The largest absolute Gasteiger partial charge is 0.457 e. The smallest absolute Gasteiger partial charge is 0.338 e. The van der Waals surface area contributed by atoms with Crippen LogP contribution in [0, 0.1) is 11.3 Å². The van der Waals surface area contributed by atoms with Crippen LogP contribution in [0.25, 0.3) is 0 Å². The molecule has 0 unspecified atom stereocenters. The van der Waals surface area contributed by atoms with Gasteiger partial charge >= 0.3 is 5.97 Å². The molecule has 0 radical (unpaired) electrons. The van der Waals surface area contributed by atoms with Gasteiger partial charge in [0.15, 0.2) is 5.78 Å². The van der Waals surface area contributed by atoms with Gasteiger partial charge in [0.1, 0.15) is 6.10 Å². The number of ketones is 1. The van der Waals surface area contributed by atoms with E-state index in [0.29, 0.717) is 12.0 Å². The van der Waals surface area contributed by atoms with Crippen LogP contribution in [0.2, 0.25) is 0 Å². The quantitative estimate of drug-likeness (QED) is 0.699. The fraction of sp³-hybridized carbons (Fsp3) is 0.417. The fourth-order valence-corrected chi connectivity index (χ4v) is 4.85. The Morgan fingerprint density at radius 1 is 1.00 bits per heavy atom. The molecular formula is C24H26O3. The van der Waals surface area contributed by atoms with Crippen molar-refractivity contribution in [1.82, 2.24) is 0 Å². The highest BCUT2D eigenvalue weighted by molar-refractivity contribution is 6.05. The molecule has 27 heavy (non-hydrogen) atoms. The zero-order valence-corrected chi connectivity index (χ0v) is 15.8. The van der Waals surface area contributed by atoms with E-state index in [9.17, 15) is 9.59 Å². The van der Waals surface area contributed by atoms with Gasteiger partial charge in [-0.3, -0.25) is 4.79 Å². The molecule has 0 N–H and O–H groups in total. The molecule has 2 aliphatic carbocycles. The Labute approximate surface area is 160 Å². The average Bonchev–Trinajstić information content (AvgIpc) is 2.98. The molecule has 1 fully saturated rings. The number of hydrogen-bond donors (Lipinski definition) is 0. The lowest BCUT2D eigenvalue weighted by Gasteiger charge is -2.39. The lowest BCUT2D eigenvalue weighted by Crippen LogP contribution is -2.46. The van der Waals surface area contributed by atoms with Crippen molar-refractivity contribution in [1.29, 1.82) is 0 Å². The lowest BCUT2D eigenvalue weighted by atomic mass is 9.70. The maximum Gasteiger partial charge on any atom is 0.338 e. The second kappa shape index (κ2) is 7.30. The van der Waals surface area contributed by atoms with Crippen molar-refractivity contribution in [3.05, 3.63) is 71.3 Å². The first-order chi connectivity index (χ1) is 13.1. The molecule has 4 rings (SSSR count). The van der Waals surface area contributed by atoms with Gasteiger partial charge in [-0.05, 0) is 49.8 Å². The summed E-state index contributed by atoms with van der Waals surface area (Å²) in [4.78, 5) is 26.2. The van der Waals surface area contributed by atoms with E-state index in [1.165, 1.54) is 6.42 Å². The fourth-order valence-electron chi connectivity index (χ4n) is 4.85. The van der Waals surface area contributed by atoms with E-state index in [0.717, 1.165) is 36.8 Å². The summed E-state index contributed by atoms with van der Waals surface area (Å²) in [6, 6.07) is 16.9. The third-order valence-corrected chi connectivity index (χ3v) is 6.29. The minimum Gasteiger partial charge on any atom is -0.457 e. The number of benzene rings is 2. The minimum atomic E-state index is -0.684. The molecule has 0 saturated heterocycles. The van der Waals surface area contributed by atoms with Crippen LogP contribution in [0.3, 0.4) is 0 Å². The van der Waals surface area contributed by atoms with Crippen LogP contribution in [0.4, 0.5) is 0 Å². The van der Waals surface area contributed by atoms with Crippen molar-refractivity contribution >= 4 is 11.8 Å². The van der Waals surface area contributed by atoms with Crippen LogP contribution in [-0.4, -0.2) is 17.9 Å². The molecule has 2 aliphatic rings. The summed E-state index contributed by atoms with van der Waals surface area (Å²) in [5.74, 6) is 0.0420. The monoisotopic (exact) mass is 362 g/mol. The third-order valence-electron chi connectivity index (χ3n) is 6.29. The second-order valence-corrected chi connectivity index (χ2v) is 8.17. The molecular weight excluding hydrogens is 336 g/mol. The van der Waals surface area contributed by atoms with E-state index in [1.807, 2.05) is 49.4 Å². The van der Waals surface area contributed by atoms with Crippen LogP contribution in [0.5, 0.6) is 0 Å². The van der Waals surface area contributed by atoms with Crippen molar-refractivity contribution in [3.8, 4) is 0 Å². The number of Topliss-reactive ketones (excluding diaryl/α,β-unsaturated/α-hetero) is 1. The van der Waals surface area contributed by atoms with E-state index in [1.54, 1.807) is 12.1 Å². The Balaban J connectivity index is 1.66. The first-order valence-corrected chi connectivity index (χ1v) is 9.98. The Kier molecular flexibility index (Phi) is 4.86. The van der Waals surface area contributed by atoms with Gasteiger partial charge in [-0.2, -0.15) is 0 Å². The highest BCUT2D eigenvalue weighted by atomic mass is 16.5. The van der Waals surface area contributed by atoms with Crippen molar-refractivity contribution in [2.24, 2.45) is 11.3 Å². The molecule has 0 amide bonds. The summed E-state index contributed by atoms with van der Waals surface area (Å²) >= 11 is 0. The van der Waals surface area contributed by atoms with E-state index in [-0.39, 0.29) is 23.8 Å². The molecule has 3 heteroatoms. The molecule has 1 saturated carbocycles. The number of carbonyl (C=O) groups is 2. The van der Waals surface area contributed by atoms with Crippen LogP contribution < -0.4 is 0 Å². The number of ether oxygens (including phenoxy) is 1. The maximum atomic E-state index is 13.3. The predicted molar refractivity (Wildman–Crippen MR) is 105 cm³/mol. The van der Waals surface area contributed by atoms with Gasteiger partial charge < -0.3 is 4.74 Å². The molecule has 0 bridgehead atoms. The van der Waals surface area contributed by atoms with Gasteiger partial charge in [0.25, 0.3) is 0 Å². The van der Waals surface area contributed by atoms with E-state index < -0.39 is 5.41 Å². The summed E-state index contributed by atoms with van der Waals surface area (Å²) in [6.45, 7) is 1.99. The molecule has 0 spiro atoms. The molecule has 2 aromatic rings. The van der Waals surface area contributed by atoms with E-state index in [2.05, 4.69) is 0 Å². The maximum absolute atomic E-state index is 13.3. The van der Waals surface area contributed by atoms with Gasteiger partial charge in [-0.1, -0.05) is 61.7 Å². The van der Waals surface area contributed by atoms with Gasteiger partial charge in [0, 0.05) is 5.56 Å². The van der Waals surface area contributed by atoms with Crippen molar-refractivity contribution in [2.75, 3.05) is 0 Å². The summed E-state index contributed by atoms with van der Waals surface area (Å²) in [5.41, 5.74) is 1.72. The summed E-state index contributed by atoms with van der Waals surface area (Å²) in [6.07, 6.45) is 5.80. The first kappa shape index (κ1) is 18.0. The Morgan fingerprint density at radius 3 is 2.37 bits per heavy atom. The number of rotatable bonds is 4. The molecule has 2 atom stereocenters. The van der Waals surface area contributed by atoms with Crippen LogP contribution in [-0.2, 0) is 11.2 Å². The molecule has 3 nitrogen and oxygen atoms in total. The molecule has 0 heterocycles. The third kappa shape index (κ3) is 3.31. The van der Waals surface area contributed by atoms with Gasteiger partial charge in [0.2, 0.25) is 0 Å². The number of hydrogen-bond acceptors (Lipinski definition) is 3. The Hall–Kier alpha value is -2.42. The number of esters is 1. The van der Waals surface area contributed by atoms with Crippen LogP contribution >= 0.6 is 0 Å². The Morgan fingerprint density at radius 2 is 1.67 bits per heavy atom. The number of fused-ring (bicyclic) bond motifs is 1. The normalized spacial score (nSPS) is 23.7. The molecule has 0 aromatic heterocycles. The zero-order valence-electron chi connectivity index (χ0n) is 15.8. The predicted octanol–water partition coefficient (Wildman–Crippen LogP) is 5.24. The van der Waals surface area contributed by atoms with Gasteiger partial charge in [-0.15, -0.1) is 0 Å². The van der Waals surface area contributed by atoms with E-state index in [4.69, 9.17) is 4.74 Å². The standard InChI is InChI=1S/C24H26O3/c1-24(16-19-14-8-9-15-20(19)21(24)25)22(17-10-4-2-5-11-17)27-23(26)18-12-6-3-7-13-18/h3,6-9,12-15,17,22H,2,4-5,10-11,16H2,1H3/t22-,24-/m0/s1. The minimum absolute atomic E-state index is 0.120. The first-order valence-electron chi connectivity index (χ1n) is 9.98. The topological polar surface area (TPSA) is 43.4 Å². The summed E-state index contributed by atoms with van der Waals surface area (Å²) in [7, 11) is 0. The number of carbonyl (C=O) groups excluding carboxylic acids is 2. The van der Waals surface area contributed by atoms with Crippen LogP contribution in [0.1, 0.15) is 65.3 Å². The highest BCUT2D eigenvalue weighted by Crippen LogP contribution is 2.46. The SMILES string of the molecule is C[C@]1([C@@H](OC(=O)c2ccccc2)C2CCCCC2)Cc2ccccc2C1=O. The van der Waals surface area contributed by atoms with E-state index >= 15 is 0 Å². The lowest BCUT2D eigenvalue weighted by molar-refractivity contribution is -0.0364. The summed E-state index contributed by atoms with van der Waals surface area (Å²) in [5, 5.41) is 0. The second-order valence-electron chi connectivity index (χ2n) is 8.17. The Bertz CT molecular complexity index is 836. The van der Waals surface area contributed by atoms with Crippen LogP contribution in [0.15, 0.2) is 54.6 Å². The molecule has 2 aromatic carbocycles. The summed E-state index contributed by atoms with van der Waals surface area (Å²) < 4.78 is 6.10. The highest BCUT2D eigenvalue weighted by Gasteiger charge is 2.51. The zero-order chi connectivity index (χ0) is 18.9. The van der Waals surface area contributed by atoms with Crippen molar-refractivity contribution in [3.63, 3.8) is 0 Å². The molecule has 140 valence electrons. The van der Waals surface area contributed by atoms with Crippen molar-refractivity contribution in [2.45, 2.75) is 51.6 Å².